The predicted molar refractivity (Wildman–Crippen MR) is 213 cm³/mol. The summed E-state index contributed by atoms with van der Waals surface area (Å²) in [6.07, 6.45) is 10.3. The van der Waals surface area contributed by atoms with Gasteiger partial charge in [-0.1, -0.05) is 86.9 Å². The number of unbranched alkanes of at least 4 members (excludes halogenated alkanes) is 7. The van der Waals surface area contributed by atoms with Gasteiger partial charge in [0.1, 0.15) is 12.1 Å². The van der Waals surface area contributed by atoms with Crippen LogP contribution in [0.25, 0.3) is 10.4 Å². The Bertz CT molecular complexity index is 1320. The molecule has 3 amide bonds. The molecule has 0 radical (unpaired) electrons. The van der Waals surface area contributed by atoms with E-state index in [1.165, 1.54) is 28.6 Å². The van der Waals surface area contributed by atoms with Gasteiger partial charge in [0.25, 0.3) is 0 Å². The molecule has 286 valence electrons. The molecule has 2 heterocycles. The van der Waals surface area contributed by atoms with Crippen molar-refractivity contribution in [3.63, 3.8) is 0 Å². The van der Waals surface area contributed by atoms with E-state index in [9.17, 15) is 19.5 Å². The van der Waals surface area contributed by atoms with Crippen LogP contribution in [-0.2, 0) is 30.4 Å². The number of aryl methyl sites for hydroxylation is 1. The lowest BCUT2D eigenvalue weighted by Crippen LogP contribution is -2.57. The fourth-order valence-corrected chi connectivity index (χ4v) is 7.47. The van der Waals surface area contributed by atoms with Crippen molar-refractivity contribution in [3.8, 4) is 10.4 Å². The summed E-state index contributed by atoms with van der Waals surface area (Å²) in [5.41, 5.74) is 4.22. The first-order valence-electron chi connectivity index (χ1n) is 18.8. The number of carbonyl (C=O) groups excluding carboxylic acids is 3. The van der Waals surface area contributed by atoms with Gasteiger partial charge < -0.3 is 30.1 Å². The normalized spacial score (nSPS) is 16.7. The van der Waals surface area contributed by atoms with Crippen molar-refractivity contribution in [1.29, 1.82) is 0 Å². The summed E-state index contributed by atoms with van der Waals surface area (Å²) < 4.78 is 12.7. The monoisotopic (exact) mass is 840 g/mol. The Morgan fingerprint density at radius 1 is 0.941 bits per heavy atom. The van der Waals surface area contributed by atoms with E-state index in [1.807, 2.05) is 57.5 Å². The Hall–Kier alpha value is -2.13. The average Bonchev–Trinajstić information content (AvgIpc) is 3.72. The minimum absolute atomic E-state index is 0.0506. The molecule has 0 unspecified atom stereocenters. The Morgan fingerprint density at radius 2 is 1.53 bits per heavy atom. The zero-order valence-electron chi connectivity index (χ0n) is 31.2. The standard InChI is InChI=1S/C39H61IN4O6S/c1-29-35(51-28-42-29)31-18-16-30(17-19-31)26-41-37(47)33-25-32(45)27-44(33)38(48)36(39(2,3)4)43-34(46)15-9-7-12-22-50-24-14-8-13-23-49-21-11-6-5-10-20-40/h16-19,28,32-33,36,45H,5-15,20-27H2,1-4H3,(H,41,47)(H,43,46)/t32-,33+,36-/m1/s1. The van der Waals surface area contributed by atoms with E-state index in [0.29, 0.717) is 26.0 Å². The van der Waals surface area contributed by atoms with Crippen LogP contribution in [0.15, 0.2) is 29.8 Å². The molecular weight excluding hydrogens is 779 g/mol. The highest BCUT2D eigenvalue weighted by Crippen LogP contribution is 2.28. The van der Waals surface area contributed by atoms with E-state index in [4.69, 9.17) is 9.47 Å². The van der Waals surface area contributed by atoms with Crippen molar-refractivity contribution in [1.82, 2.24) is 20.5 Å². The first-order valence-corrected chi connectivity index (χ1v) is 21.2. The van der Waals surface area contributed by atoms with Crippen LogP contribution in [-0.4, -0.2) is 88.3 Å². The number of nitrogens with zero attached hydrogens (tertiary/aromatic N) is 2. The zero-order chi connectivity index (χ0) is 37.1. The number of amides is 3. The highest BCUT2D eigenvalue weighted by atomic mass is 127. The van der Waals surface area contributed by atoms with E-state index in [0.717, 1.165) is 80.0 Å². The van der Waals surface area contributed by atoms with Crippen LogP contribution in [0.5, 0.6) is 0 Å². The fourth-order valence-electron chi connectivity index (χ4n) is 6.12. The maximum atomic E-state index is 13.9. The topological polar surface area (TPSA) is 130 Å². The minimum atomic E-state index is -0.826. The third-order valence-electron chi connectivity index (χ3n) is 9.15. The number of ether oxygens (including phenoxy) is 2. The van der Waals surface area contributed by atoms with E-state index in [2.05, 4.69) is 38.2 Å². The lowest BCUT2D eigenvalue weighted by Gasteiger charge is -2.35. The summed E-state index contributed by atoms with van der Waals surface area (Å²) in [6, 6.07) is 6.32. The predicted octanol–water partition coefficient (Wildman–Crippen LogP) is 6.99. The summed E-state index contributed by atoms with van der Waals surface area (Å²) in [7, 11) is 0. The van der Waals surface area contributed by atoms with Gasteiger partial charge in [0.15, 0.2) is 0 Å². The van der Waals surface area contributed by atoms with Crippen LogP contribution in [0, 0.1) is 12.3 Å². The molecule has 0 spiro atoms. The van der Waals surface area contributed by atoms with Crippen LogP contribution in [0.3, 0.4) is 0 Å². The number of aromatic nitrogens is 1. The van der Waals surface area contributed by atoms with Crippen LogP contribution in [0.1, 0.15) is 109 Å². The van der Waals surface area contributed by atoms with Crippen molar-refractivity contribution < 1.29 is 29.0 Å². The molecule has 51 heavy (non-hydrogen) atoms. The van der Waals surface area contributed by atoms with E-state index in [1.54, 1.807) is 11.3 Å². The molecule has 2 aromatic rings. The number of nitrogens with one attached hydrogen (secondary N) is 2. The van der Waals surface area contributed by atoms with Crippen molar-refractivity contribution >= 4 is 51.6 Å². The summed E-state index contributed by atoms with van der Waals surface area (Å²) in [6.45, 7) is 11.2. The van der Waals surface area contributed by atoms with Gasteiger partial charge in [-0.2, -0.15) is 0 Å². The van der Waals surface area contributed by atoms with Crippen molar-refractivity contribution in [2.75, 3.05) is 37.4 Å². The first kappa shape index (κ1) is 43.3. The lowest BCUT2D eigenvalue weighted by atomic mass is 9.85. The number of aliphatic hydroxyl groups excluding tert-OH is 1. The summed E-state index contributed by atoms with van der Waals surface area (Å²) in [4.78, 5) is 47.0. The number of alkyl halides is 1. The van der Waals surface area contributed by atoms with Crippen LogP contribution >= 0.6 is 33.9 Å². The van der Waals surface area contributed by atoms with E-state index < -0.39 is 23.6 Å². The Kier molecular flexibility index (Phi) is 20.0. The smallest absolute Gasteiger partial charge is 0.246 e. The summed E-state index contributed by atoms with van der Waals surface area (Å²) >= 11 is 4.02. The van der Waals surface area contributed by atoms with Crippen molar-refractivity contribution in [2.24, 2.45) is 5.41 Å². The van der Waals surface area contributed by atoms with Gasteiger partial charge in [-0.25, -0.2) is 4.98 Å². The van der Waals surface area contributed by atoms with Gasteiger partial charge in [-0.3, -0.25) is 14.4 Å². The molecule has 1 saturated heterocycles. The average molecular weight is 841 g/mol. The molecule has 3 N–H and O–H groups in total. The highest BCUT2D eigenvalue weighted by Gasteiger charge is 2.44. The van der Waals surface area contributed by atoms with E-state index >= 15 is 0 Å². The molecule has 0 bridgehead atoms. The molecule has 3 rings (SSSR count). The van der Waals surface area contributed by atoms with Crippen LogP contribution < -0.4 is 10.6 Å². The van der Waals surface area contributed by atoms with Gasteiger partial charge in [-0.15, -0.1) is 11.3 Å². The lowest BCUT2D eigenvalue weighted by molar-refractivity contribution is -0.144. The summed E-state index contributed by atoms with van der Waals surface area (Å²) in [5.74, 6) is -0.857. The van der Waals surface area contributed by atoms with Gasteiger partial charge in [0.2, 0.25) is 17.7 Å². The molecule has 10 nitrogen and oxygen atoms in total. The molecule has 0 aliphatic carbocycles. The number of benzene rings is 1. The van der Waals surface area contributed by atoms with Gasteiger partial charge in [-0.05, 0) is 72.8 Å². The molecule has 1 fully saturated rings. The molecule has 1 aromatic heterocycles. The zero-order valence-corrected chi connectivity index (χ0v) is 34.2. The number of likely N-dealkylation sites (tertiary alicyclic amines) is 1. The SMILES string of the molecule is Cc1ncsc1-c1ccc(CNC(=O)[C@@H]2C[C@@H](O)CN2C(=O)[C@@H](NC(=O)CCCCCOCCCCCOCCCCCCI)C(C)(C)C)cc1. The number of thiazole rings is 1. The van der Waals surface area contributed by atoms with E-state index in [-0.39, 0.29) is 30.7 Å². The molecule has 1 aliphatic rings. The maximum Gasteiger partial charge on any atom is 0.246 e. The molecule has 1 aromatic carbocycles. The largest absolute Gasteiger partial charge is 0.391 e. The number of hydrogen-bond donors (Lipinski definition) is 3. The molecule has 3 atom stereocenters. The highest BCUT2D eigenvalue weighted by molar-refractivity contribution is 14.1. The minimum Gasteiger partial charge on any atom is -0.391 e. The van der Waals surface area contributed by atoms with Crippen LogP contribution in [0.2, 0.25) is 0 Å². The number of aliphatic hydroxyl groups is 1. The number of carbonyl (C=O) groups is 3. The summed E-state index contributed by atoms with van der Waals surface area (Å²) in [5, 5.41) is 16.4. The Morgan fingerprint density at radius 3 is 2.10 bits per heavy atom. The van der Waals surface area contributed by atoms with Crippen molar-refractivity contribution in [2.45, 2.75) is 129 Å². The number of β-amino-alcohol motifs (C(OH)–C–C–N with tert-alkyl or cyclic N) is 1. The van der Waals surface area contributed by atoms with Crippen molar-refractivity contribution in [3.05, 3.63) is 41.0 Å². The molecule has 0 saturated carbocycles. The first-order chi connectivity index (χ1) is 24.5. The molecule has 12 heteroatoms. The number of halogens is 1. The number of rotatable bonds is 24. The fraction of sp³-hybridized carbons (Fsp3) is 0.692. The molecular formula is C39H61IN4O6S. The second-order valence-electron chi connectivity index (χ2n) is 14.6. The third kappa shape index (κ3) is 15.8. The quantitative estimate of drug-likeness (QED) is 0.0591. The molecule has 1 aliphatic heterocycles. The van der Waals surface area contributed by atoms with Gasteiger partial charge >= 0.3 is 0 Å². The van der Waals surface area contributed by atoms with Gasteiger partial charge in [0.05, 0.1) is 22.2 Å². The Balaban J connectivity index is 1.34. The third-order valence-corrected chi connectivity index (χ3v) is 10.9. The number of hydrogen-bond acceptors (Lipinski definition) is 8. The van der Waals surface area contributed by atoms with Gasteiger partial charge in [0, 0.05) is 52.4 Å². The second-order valence-corrected chi connectivity index (χ2v) is 16.6. The second kappa shape index (κ2) is 23.5. The van der Waals surface area contributed by atoms with Crippen LogP contribution in [0.4, 0.5) is 0 Å². The maximum absolute atomic E-state index is 13.9. The Labute approximate surface area is 323 Å².